The molecule has 0 bridgehead atoms. The van der Waals surface area contributed by atoms with E-state index in [2.05, 4.69) is 15.8 Å². The van der Waals surface area contributed by atoms with Crippen LogP contribution in [0.25, 0.3) is 0 Å². The number of benzene rings is 1. The van der Waals surface area contributed by atoms with Crippen LogP contribution >= 0.6 is 0 Å². The number of carbonyl (C=O) groups is 1. The molecule has 2 aliphatic rings. The van der Waals surface area contributed by atoms with Gasteiger partial charge in [0, 0.05) is 32.0 Å². The molecule has 3 unspecified atom stereocenters. The first-order valence-electron chi connectivity index (χ1n) is 9.69. The number of pyridine rings is 1. The lowest BCUT2D eigenvalue weighted by atomic mass is 9.88. The SMILES string of the molecule is N#Cc1ccc(OC2CNNC2C2CCCN(C(=O)c3cccnc3)C2)c(F)c1. The first kappa shape index (κ1) is 19.3. The van der Waals surface area contributed by atoms with Gasteiger partial charge in [0.05, 0.1) is 23.2 Å². The summed E-state index contributed by atoms with van der Waals surface area (Å²) in [6, 6.07) is 9.59. The van der Waals surface area contributed by atoms with Crippen molar-refractivity contribution in [3.05, 3.63) is 59.7 Å². The van der Waals surface area contributed by atoms with E-state index in [9.17, 15) is 9.18 Å². The third-order valence-electron chi connectivity index (χ3n) is 5.47. The topological polar surface area (TPSA) is 90.3 Å². The first-order chi connectivity index (χ1) is 14.2. The number of likely N-dealkylation sites (tertiary alicyclic amines) is 1. The molecule has 0 radical (unpaired) electrons. The van der Waals surface area contributed by atoms with Gasteiger partial charge >= 0.3 is 0 Å². The number of amides is 1. The Bertz CT molecular complexity index is 917. The molecule has 8 heteroatoms. The summed E-state index contributed by atoms with van der Waals surface area (Å²) in [5, 5.41) is 8.89. The minimum Gasteiger partial charge on any atom is -0.484 e. The minimum absolute atomic E-state index is 0.0237. The zero-order valence-corrected chi connectivity index (χ0v) is 15.8. The number of nitrogens with one attached hydrogen (secondary N) is 2. The molecule has 4 rings (SSSR count). The molecule has 2 saturated heterocycles. The predicted octanol–water partition coefficient (Wildman–Crippen LogP) is 1.87. The molecule has 2 fully saturated rings. The van der Waals surface area contributed by atoms with Crippen molar-refractivity contribution in [2.75, 3.05) is 19.6 Å². The number of aromatic nitrogens is 1. The number of hydrogen-bond acceptors (Lipinski definition) is 6. The quantitative estimate of drug-likeness (QED) is 0.822. The van der Waals surface area contributed by atoms with E-state index in [1.165, 1.54) is 18.2 Å². The number of nitriles is 1. The van der Waals surface area contributed by atoms with Crippen LogP contribution in [0.15, 0.2) is 42.7 Å². The second kappa shape index (κ2) is 8.55. The van der Waals surface area contributed by atoms with Crippen LogP contribution in [0.1, 0.15) is 28.8 Å². The normalized spacial score (nSPS) is 24.1. The van der Waals surface area contributed by atoms with Gasteiger partial charge in [0.2, 0.25) is 0 Å². The lowest BCUT2D eigenvalue weighted by Gasteiger charge is -2.37. The highest BCUT2D eigenvalue weighted by atomic mass is 19.1. The number of hydrazine groups is 1. The molecule has 2 aromatic rings. The largest absolute Gasteiger partial charge is 0.484 e. The van der Waals surface area contributed by atoms with Crippen LogP contribution in [-0.4, -0.2) is 47.6 Å². The molecule has 1 amide bonds. The standard InChI is InChI=1S/C21H22FN5O2/c22-17-9-14(10-23)5-6-18(17)29-19-12-25-26-20(19)16-4-2-8-27(13-16)21(28)15-3-1-7-24-11-15/h1,3,5-7,9,11,16,19-20,25-26H,2,4,8,12-13H2. The first-order valence-corrected chi connectivity index (χ1v) is 9.69. The monoisotopic (exact) mass is 395 g/mol. The summed E-state index contributed by atoms with van der Waals surface area (Å²) >= 11 is 0. The van der Waals surface area contributed by atoms with Gasteiger partial charge in [0.15, 0.2) is 11.6 Å². The molecule has 2 aliphatic heterocycles. The van der Waals surface area contributed by atoms with E-state index in [0.29, 0.717) is 25.2 Å². The molecule has 2 N–H and O–H groups in total. The molecule has 1 aromatic carbocycles. The number of nitrogens with zero attached hydrogens (tertiary/aromatic N) is 3. The fourth-order valence-electron chi connectivity index (χ4n) is 4.02. The van der Waals surface area contributed by atoms with Gasteiger partial charge in [0.1, 0.15) is 6.10 Å². The number of rotatable bonds is 4. The molecule has 3 atom stereocenters. The van der Waals surface area contributed by atoms with E-state index in [0.717, 1.165) is 12.8 Å². The average molecular weight is 395 g/mol. The smallest absolute Gasteiger partial charge is 0.255 e. The number of ether oxygens (including phenoxy) is 1. The maximum absolute atomic E-state index is 14.2. The Morgan fingerprint density at radius 2 is 2.28 bits per heavy atom. The minimum atomic E-state index is -0.549. The summed E-state index contributed by atoms with van der Waals surface area (Å²) < 4.78 is 20.2. The Kier molecular flexibility index (Phi) is 5.69. The summed E-state index contributed by atoms with van der Waals surface area (Å²) in [7, 11) is 0. The molecule has 0 saturated carbocycles. The van der Waals surface area contributed by atoms with Gasteiger partial charge < -0.3 is 9.64 Å². The molecule has 3 heterocycles. The van der Waals surface area contributed by atoms with Crippen LogP contribution in [0.5, 0.6) is 5.75 Å². The highest BCUT2D eigenvalue weighted by molar-refractivity contribution is 5.93. The van der Waals surface area contributed by atoms with E-state index in [-0.39, 0.29) is 35.3 Å². The van der Waals surface area contributed by atoms with E-state index < -0.39 is 5.82 Å². The number of carbonyl (C=O) groups excluding carboxylic acids is 1. The zero-order chi connectivity index (χ0) is 20.2. The van der Waals surface area contributed by atoms with Crippen LogP contribution in [0, 0.1) is 23.1 Å². The summed E-state index contributed by atoms with van der Waals surface area (Å²) in [4.78, 5) is 18.7. The van der Waals surface area contributed by atoms with Crippen LogP contribution in [0.4, 0.5) is 4.39 Å². The Balaban J connectivity index is 1.44. The third kappa shape index (κ3) is 4.21. The van der Waals surface area contributed by atoms with Gasteiger partial charge in [-0.25, -0.2) is 4.39 Å². The molecule has 29 heavy (non-hydrogen) atoms. The van der Waals surface area contributed by atoms with Crippen molar-refractivity contribution in [1.29, 1.82) is 5.26 Å². The molecular formula is C21H22FN5O2. The predicted molar refractivity (Wildman–Crippen MR) is 103 cm³/mol. The Morgan fingerprint density at radius 3 is 3.03 bits per heavy atom. The van der Waals surface area contributed by atoms with Gasteiger partial charge in [-0.3, -0.25) is 20.6 Å². The Hall–Kier alpha value is -3.02. The maximum Gasteiger partial charge on any atom is 0.255 e. The van der Waals surface area contributed by atoms with Crippen molar-refractivity contribution in [1.82, 2.24) is 20.7 Å². The lowest BCUT2D eigenvalue weighted by molar-refractivity contribution is 0.0592. The third-order valence-corrected chi connectivity index (χ3v) is 5.47. The highest BCUT2D eigenvalue weighted by Crippen LogP contribution is 2.27. The second-order valence-electron chi connectivity index (χ2n) is 7.36. The summed E-state index contributed by atoms with van der Waals surface area (Å²) in [6.07, 6.45) is 4.80. The Morgan fingerprint density at radius 1 is 1.38 bits per heavy atom. The molecule has 150 valence electrons. The van der Waals surface area contributed by atoms with Crippen molar-refractivity contribution < 1.29 is 13.9 Å². The molecule has 0 spiro atoms. The number of piperidine rings is 1. The van der Waals surface area contributed by atoms with Crippen LogP contribution in [0.3, 0.4) is 0 Å². The van der Waals surface area contributed by atoms with Crippen LogP contribution < -0.4 is 15.6 Å². The summed E-state index contributed by atoms with van der Waals surface area (Å²) in [6.45, 7) is 1.83. The van der Waals surface area contributed by atoms with Crippen molar-refractivity contribution in [3.8, 4) is 11.8 Å². The van der Waals surface area contributed by atoms with Crippen molar-refractivity contribution in [2.45, 2.75) is 25.0 Å². The fraction of sp³-hybridized carbons (Fsp3) is 0.381. The van der Waals surface area contributed by atoms with Gasteiger partial charge in [-0.05, 0) is 49.1 Å². The van der Waals surface area contributed by atoms with E-state index in [1.54, 1.807) is 24.5 Å². The van der Waals surface area contributed by atoms with Gasteiger partial charge in [0.25, 0.3) is 5.91 Å². The second-order valence-corrected chi connectivity index (χ2v) is 7.36. The zero-order valence-electron chi connectivity index (χ0n) is 15.8. The van der Waals surface area contributed by atoms with Crippen molar-refractivity contribution in [3.63, 3.8) is 0 Å². The van der Waals surface area contributed by atoms with Crippen molar-refractivity contribution >= 4 is 5.91 Å². The van der Waals surface area contributed by atoms with E-state index in [1.807, 2.05) is 11.0 Å². The van der Waals surface area contributed by atoms with Crippen molar-refractivity contribution in [2.24, 2.45) is 5.92 Å². The van der Waals surface area contributed by atoms with Crippen LogP contribution in [0.2, 0.25) is 0 Å². The summed E-state index contributed by atoms with van der Waals surface area (Å²) in [5.74, 6) is -0.273. The molecular weight excluding hydrogens is 373 g/mol. The number of halogens is 1. The molecule has 7 nitrogen and oxygen atoms in total. The Labute approximate surface area is 168 Å². The van der Waals surface area contributed by atoms with Gasteiger partial charge in [-0.2, -0.15) is 5.26 Å². The van der Waals surface area contributed by atoms with Gasteiger partial charge in [-0.1, -0.05) is 0 Å². The maximum atomic E-state index is 14.2. The summed E-state index contributed by atoms with van der Waals surface area (Å²) in [5.41, 5.74) is 7.17. The molecule has 0 aliphatic carbocycles. The van der Waals surface area contributed by atoms with Crippen LogP contribution in [-0.2, 0) is 0 Å². The van der Waals surface area contributed by atoms with Gasteiger partial charge in [-0.15, -0.1) is 0 Å². The van der Waals surface area contributed by atoms with E-state index >= 15 is 0 Å². The number of hydrogen-bond donors (Lipinski definition) is 2. The highest BCUT2D eigenvalue weighted by Gasteiger charge is 2.38. The fourth-order valence-corrected chi connectivity index (χ4v) is 4.02. The van der Waals surface area contributed by atoms with E-state index in [4.69, 9.17) is 10.00 Å². The molecule has 1 aromatic heterocycles. The lowest BCUT2D eigenvalue weighted by Crippen LogP contribution is -2.50. The average Bonchev–Trinajstić information content (AvgIpc) is 3.23.